The Morgan fingerprint density at radius 3 is 2.88 bits per heavy atom. The molecule has 0 radical (unpaired) electrons. The number of hydrogen-bond acceptors (Lipinski definition) is 3. The molecule has 0 saturated heterocycles. The van der Waals surface area contributed by atoms with Crippen molar-refractivity contribution >= 4 is 5.91 Å². The highest BCUT2D eigenvalue weighted by Crippen LogP contribution is 2.30. The second-order valence-corrected chi connectivity index (χ2v) is 6.66. The fourth-order valence-corrected chi connectivity index (χ4v) is 3.31. The molecule has 1 aromatic carbocycles. The van der Waals surface area contributed by atoms with Crippen LogP contribution in [0.15, 0.2) is 24.3 Å². The van der Waals surface area contributed by atoms with Crippen molar-refractivity contribution in [2.75, 3.05) is 13.6 Å². The van der Waals surface area contributed by atoms with Crippen molar-refractivity contribution in [2.24, 2.45) is 0 Å². The molecule has 0 bridgehead atoms. The molecule has 2 aromatic rings. The van der Waals surface area contributed by atoms with E-state index in [0.29, 0.717) is 12.2 Å². The first-order valence-corrected chi connectivity index (χ1v) is 8.50. The van der Waals surface area contributed by atoms with Crippen LogP contribution in [0.5, 0.6) is 0 Å². The van der Waals surface area contributed by atoms with Gasteiger partial charge in [0.1, 0.15) is 0 Å². The van der Waals surface area contributed by atoms with Crippen LogP contribution >= 0.6 is 0 Å². The van der Waals surface area contributed by atoms with Gasteiger partial charge >= 0.3 is 0 Å². The van der Waals surface area contributed by atoms with Gasteiger partial charge in [0.05, 0.1) is 17.9 Å². The first-order chi connectivity index (χ1) is 11.5. The summed E-state index contributed by atoms with van der Waals surface area (Å²) in [6.45, 7) is 6.79. The third-order valence-corrected chi connectivity index (χ3v) is 4.76. The first-order valence-electron chi connectivity index (χ1n) is 8.50. The number of carbonyl (C=O) groups is 1. The zero-order valence-electron chi connectivity index (χ0n) is 14.8. The molecule has 5 nitrogen and oxygen atoms in total. The summed E-state index contributed by atoms with van der Waals surface area (Å²) in [4.78, 5) is 14.6. The average molecular weight is 327 g/mol. The van der Waals surface area contributed by atoms with E-state index in [9.17, 15) is 4.79 Å². The average Bonchev–Trinajstić information content (AvgIpc) is 2.97. The van der Waals surface area contributed by atoms with E-state index >= 15 is 0 Å². The first kappa shape index (κ1) is 16.7. The van der Waals surface area contributed by atoms with Crippen molar-refractivity contribution < 1.29 is 9.53 Å². The van der Waals surface area contributed by atoms with E-state index in [1.165, 1.54) is 11.1 Å². The number of benzene rings is 1. The maximum absolute atomic E-state index is 12.8. The van der Waals surface area contributed by atoms with Gasteiger partial charge in [0.25, 0.3) is 5.91 Å². The molecule has 1 amide bonds. The van der Waals surface area contributed by atoms with Crippen LogP contribution in [0.2, 0.25) is 0 Å². The Morgan fingerprint density at radius 2 is 2.12 bits per heavy atom. The van der Waals surface area contributed by atoms with Crippen molar-refractivity contribution in [3.63, 3.8) is 0 Å². The molecule has 128 valence electrons. The Morgan fingerprint density at radius 1 is 1.38 bits per heavy atom. The Kier molecular flexibility index (Phi) is 4.71. The summed E-state index contributed by atoms with van der Waals surface area (Å²) >= 11 is 0. The van der Waals surface area contributed by atoms with Crippen molar-refractivity contribution in [1.82, 2.24) is 15.1 Å². The molecule has 1 aliphatic rings. The largest absolute Gasteiger partial charge is 0.369 e. The summed E-state index contributed by atoms with van der Waals surface area (Å²) in [5.74, 6) is -0.0256. The topological polar surface area (TPSA) is 58.2 Å². The van der Waals surface area contributed by atoms with Gasteiger partial charge in [-0.3, -0.25) is 9.89 Å². The molecule has 1 N–H and O–H groups in total. The SMILES string of the molecule is Cc1ccccc1CCN(C)C(=O)c1n[nH]c2c1C[C@@H](C)O[C@H]2C. The number of nitrogens with zero attached hydrogens (tertiary/aromatic N) is 2. The lowest BCUT2D eigenvalue weighted by atomic mass is 9.99. The molecule has 0 fully saturated rings. The zero-order chi connectivity index (χ0) is 17.3. The Labute approximate surface area is 143 Å². The minimum atomic E-state index is -0.0462. The molecule has 3 rings (SSSR count). The molecule has 0 unspecified atom stereocenters. The Bertz CT molecular complexity index is 738. The van der Waals surface area contributed by atoms with Gasteiger partial charge in [0.2, 0.25) is 0 Å². The molecule has 24 heavy (non-hydrogen) atoms. The van der Waals surface area contributed by atoms with Gasteiger partial charge in [-0.15, -0.1) is 0 Å². The lowest BCUT2D eigenvalue weighted by Crippen LogP contribution is -2.31. The van der Waals surface area contributed by atoms with Gasteiger partial charge in [-0.25, -0.2) is 0 Å². The van der Waals surface area contributed by atoms with Gasteiger partial charge < -0.3 is 9.64 Å². The fraction of sp³-hybridized carbons (Fsp3) is 0.474. The molecule has 0 saturated carbocycles. The van der Waals surface area contributed by atoms with Gasteiger partial charge in [-0.2, -0.15) is 5.10 Å². The number of ether oxygens (including phenoxy) is 1. The van der Waals surface area contributed by atoms with Gasteiger partial charge in [-0.1, -0.05) is 24.3 Å². The van der Waals surface area contributed by atoms with Crippen molar-refractivity contribution in [1.29, 1.82) is 0 Å². The summed E-state index contributed by atoms with van der Waals surface area (Å²) in [6, 6.07) is 8.29. The molecule has 2 heterocycles. The van der Waals surface area contributed by atoms with E-state index in [0.717, 1.165) is 24.1 Å². The molecular formula is C19H25N3O2. The third kappa shape index (κ3) is 3.22. The second kappa shape index (κ2) is 6.77. The molecule has 1 aromatic heterocycles. The maximum Gasteiger partial charge on any atom is 0.274 e. The number of nitrogens with one attached hydrogen (secondary N) is 1. The highest BCUT2D eigenvalue weighted by atomic mass is 16.5. The van der Waals surface area contributed by atoms with Crippen LogP contribution in [0, 0.1) is 6.92 Å². The Hall–Kier alpha value is -2.14. The van der Waals surface area contributed by atoms with E-state index in [2.05, 4.69) is 29.3 Å². The van der Waals surface area contributed by atoms with Crippen LogP contribution in [0.4, 0.5) is 0 Å². The van der Waals surface area contributed by atoms with Crippen molar-refractivity contribution in [2.45, 2.75) is 45.8 Å². The fourth-order valence-electron chi connectivity index (χ4n) is 3.31. The number of aryl methyl sites for hydroxylation is 1. The Balaban J connectivity index is 1.72. The minimum absolute atomic E-state index is 0.0256. The van der Waals surface area contributed by atoms with Crippen LogP contribution in [0.3, 0.4) is 0 Å². The smallest absolute Gasteiger partial charge is 0.274 e. The highest BCUT2D eigenvalue weighted by molar-refractivity contribution is 5.94. The van der Waals surface area contributed by atoms with Crippen LogP contribution in [-0.2, 0) is 17.6 Å². The van der Waals surface area contributed by atoms with Gasteiger partial charge in [-0.05, 0) is 38.3 Å². The number of aromatic amines is 1. The van der Waals surface area contributed by atoms with E-state index in [1.54, 1.807) is 4.90 Å². The number of aromatic nitrogens is 2. The predicted molar refractivity (Wildman–Crippen MR) is 93.1 cm³/mol. The second-order valence-electron chi connectivity index (χ2n) is 6.66. The molecule has 0 spiro atoms. The molecule has 2 atom stereocenters. The normalized spacial score (nSPS) is 19.8. The van der Waals surface area contributed by atoms with E-state index < -0.39 is 0 Å². The van der Waals surface area contributed by atoms with E-state index in [-0.39, 0.29) is 18.1 Å². The lowest BCUT2D eigenvalue weighted by molar-refractivity contribution is -0.00701. The lowest BCUT2D eigenvalue weighted by Gasteiger charge is -2.25. The summed E-state index contributed by atoms with van der Waals surface area (Å²) in [5.41, 5.74) is 5.02. The van der Waals surface area contributed by atoms with Crippen LogP contribution in [-0.4, -0.2) is 40.7 Å². The number of hydrogen-bond donors (Lipinski definition) is 1. The predicted octanol–water partition coefficient (Wildman–Crippen LogP) is 3.06. The highest BCUT2D eigenvalue weighted by Gasteiger charge is 2.30. The monoisotopic (exact) mass is 327 g/mol. The van der Waals surface area contributed by atoms with Crippen molar-refractivity contribution in [3.8, 4) is 0 Å². The summed E-state index contributed by atoms with van der Waals surface area (Å²) in [7, 11) is 1.84. The number of rotatable bonds is 4. The van der Waals surface area contributed by atoms with Gasteiger partial charge in [0, 0.05) is 25.6 Å². The summed E-state index contributed by atoms with van der Waals surface area (Å²) in [5, 5.41) is 7.27. The zero-order valence-corrected chi connectivity index (χ0v) is 14.8. The summed E-state index contributed by atoms with van der Waals surface area (Å²) in [6.07, 6.45) is 1.63. The standard InChI is InChI=1S/C19H25N3O2/c1-12-7-5-6-8-15(12)9-10-22(4)19(23)18-16-11-13(2)24-14(3)17(16)20-21-18/h5-8,13-14H,9-11H2,1-4H3,(H,20,21)/t13-,14+/m1/s1. The number of carbonyl (C=O) groups excluding carboxylic acids is 1. The van der Waals surface area contributed by atoms with Gasteiger partial charge in [0.15, 0.2) is 5.69 Å². The quantitative estimate of drug-likeness (QED) is 0.939. The van der Waals surface area contributed by atoms with Crippen molar-refractivity contribution in [3.05, 3.63) is 52.3 Å². The minimum Gasteiger partial charge on any atom is -0.369 e. The van der Waals surface area contributed by atoms with Crippen LogP contribution in [0.1, 0.15) is 52.8 Å². The van der Waals surface area contributed by atoms with E-state index in [4.69, 9.17) is 4.74 Å². The maximum atomic E-state index is 12.8. The number of H-pyrrole nitrogens is 1. The third-order valence-electron chi connectivity index (χ3n) is 4.76. The molecule has 1 aliphatic heterocycles. The number of fused-ring (bicyclic) bond motifs is 1. The number of amides is 1. The van der Waals surface area contributed by atoms with E-state index in [1.807, 2.05) is 33.0 Å². The summed E-state index contributed by atoms with van der Waals surface area (Å²) < 4.78 is 5.79. The number of likely N-dealkylation sites (N-methyl/N-ethyl adjacent to an activating group) is 1. The molecular weight excluding hydrogens is 302 g/mol. The van der Waals surface area contributed by atoms with Crippen LogP contribution < -0.4 is 0 Å². The van der Waals surface area contributed by atoms with Crippen LogP contribution in [0.25, 0.3) is 0 Å². The molecule has 5 heteroatoms. The molecule has 0 aliphatic carbocycles.